The number of nitrogens with zero attached hydrogens (tertiary/aromatic N) is 2. The maximum Gasteiger partial charge on any atom is 0.323 e. The number of carbonyl (C=O) groups is 3. The minimum absolute atomic E-state index is 0.0325. The molecule has 0 saturated heterocycles. The van der Waals surface area contributed by atoms with Crippen molar-refractivity contribution < 1.29 is 44.9 Å². The Morgan fingerprint density at radius 3 is 1.77 bits per heavy atom. The minimum Gasteiger partial charge on any atom is -0.481 e. The fourth-order valence-electron chi connectivity index (χ4n) is 1.63. The average Bonchev–Trinajstić information content (AvgIpc) is 2.43. The summed E-state index contributed by atoms with van der Waals surface area (Å²) < 4.78 is 0. The van der Waals surface area contributed by atoms with Gasteiger partial charge < -0.3 is 15.1 Å². The molecule has 0 fully saturated rings. The molecule has 0 aliphatic rings. The highest BCUT2D eigenvalue weighted by Gasteiger charge is 2.20. The van der Waals surface area contributed by atoms with Crippen molar-refractivity contribution in [2.24, 2.45) is 0 Å². The van der Waals surface area contributed by atoms with E-state index in [0.717, 1.165) is 4.90 Å². The van der Waals surface area contributed by atoms with Crippen LogP contribution in [0.2, 0.25) is 0 Å². The lowest BCUT2D eigenvalue weighted by atomic mass is 10.3. The van der Waals surface area contributed by atoms with E-state index in [0.29, 0.717) is 0 Å². The van der Waals surface area contributed by atoms with E-state index in [2.05, 4.69) is 9.78 Å². The van der Waals surface area contributed by atoms with E-state index >= 15 is 0 Å². The van der Waals surface area contributed by atoms with Crippen LogP contribution < -0.4 is 0 Å². The standard InChI is InChI=1S/C11H20N2O9/c14-9(7-10(15)16)13(8-11(17)18)2-1-12(3-5-21-19)4-6-22-20/h19-20H,1-8H2,(H,15,16)(H,17,18). The zero-order chi connectivity index (χ0) is 17.0. The Morgan fingerprint density at radius 2 is 1.36 bits per heavy atom. The molecule has 0 rings (SSSR count). The summed E-state index contributed by atoms with van der Waals surface area (Å²) in [6.07, 6.45) is -0.799. The molecule has 0 aromatic rings. The maximum absolute atomic E-state index is 11.7. The summed E-state index contributed by atoms with van der Waals surface area (Å²) >= 11 is 0. The third-order valence-electron chi connectivity index (χ3n) is 2.67. The molecule has 1 amide bonds. The lowest BCUT2D eigenvalue weighted by Gasteiger charge is -2.26. The van der Waals surface area contributed by atoms with Crippen LogP contribution in [0.3, 0.4) is 0 Å². The summed E-state index contributed by atoms with van der Waals surface area (Å²) in [7, 11) is 0. The summed E-state index contributed by atoms with van der Waals surface area (Å²) in [4.78, 5) is 43.3. The maximum atomic E-state index is 11.7. The van der Waals surface area contributed by atoms with Gasteiger partial charge in [0.15, 0.2) is 0 Å². The summed E-state index contributed by atoms with van der Waals surface area (Å²) in [5.74, 6) is -3.42. The van der Waals surface area contributed by atoms with Crippen molar-refractivity contribution in [3.05, 3.63) is 0 Å². The molecule has 22 heavy (non-hydrogen) atoms. The molecular formula is C11H20N2O9. The van der Waals surface area contributed by atoms with Crippen LogP contribution in [0.1, 0.15) is 6.42 Å². The Balaban J connectivity index is 4.55. The first-order valence-corrected chi connectivity index (χ1v) is 6.37. The van der Waals surface area contributed by atoms with Gasteiger partial charge in [-0.1, -0.05) is 0 Å². The fourth-order valence-corrected chi connectivity index (χ4v) is 1.63. The van der Waals surface area contributed by atoms with Crippen LogP contribution in [-0.2, 0) is 24.2 Å². The van der Waals surface area contributed by atoms with Gasteiger partial charge in [0.1, 0.15) is 13.0 Å². The van der Waals surface area contributed by atoms with Gasteiger partial charge in [0, 0.05) is 26.2 Å². The topological polar surface area (TPSA) is 157 Å². The van der Waals surface area contributed by atoms with Crippen molar-refractivity contribution >= 4 is 17.8 Å². The second kappa shape index (κ2) is 11.8. The quantitative estimate of drug-likeness (QED) is 0.181. The first-order valence-electron chi connectivity index (χ1n) is 6.37. The molecule has 0 aliphatic carbocycles. The molecule has 4 N–H and O–H groups in total. The predicted octanol–water partition coefficient (Wildman–Crippen LogP) is -1.34. The van der Waals surface area contributed by atoms with E-state index in [4.69, 9.17) is 20.7 Å². The monoisotopic (exact) mass is 324 g/mol. The number of rotatable bonds is 13. The van der Waals surface area contributed by atoms with Crippen molar-refractivity contribution in [1.82, 2.24) is 9.80 Å². The number of amides is 1. The normalized spacial score (nSPS) is 10.7. The van der Waals surface area contributed by atoms with Crippen LogP contribution in [0.25, 0.3) is 0 Å². The second-order valence-electron chi connectivity index (χ2n) is 4.29. The molecule has 0 aliphatic heterocycles. The zero-order valence-corrected chi connectivity index (χ0v) is 11.9. The van der Waals surface area contributed by atoms with E-state index in [-0.39, 0.29) is 39.4 Å². The van der Waals surface area contributed by atoms with Gasteiger partial charge in [-0.25, -0.2) is 9.78 Å². The molecule has 0 radical (unpaired) electrons. The summed E-state index contributed by atoms with van der Waals surface area (Å²) in [5, 5.41) is 34.0. The van der Waals surface area contributed by atoms with Crippen LogP contribution in [0, 0.1) is 0 Å². The van der Waals surface area contributed by atoms with Crippen LogP contribution >= 0.6 is 0 Å². The Hall–Kier alpha value is -1.79. The smallest absolute Gasteiger partial charge is 0.323 e. The molecule has 0 spiro atoms. The van der Waals surface area contributed by atoms with E-state index in [1.165, 1.54) is 0 Å². The largest absolute Gasteiger partial charge is 0.481 e. The lowest BCUT2D eigenvalue weighted by molar-refractivity contribution is -0.251. The molecule has 0 heterocycles. The fraction of sp³-hybridized carbons (Fsp3) is 0.727. The third-order valence-corrected chi connectivity index (χ3v) is 2.67. The zero-order valence-electron chi connectivity index (χ0n) is 11.9. The van der Waals surface area contributed by atoms with Crippen molar-refractivity contribution in [1.29, 1.82) is 0 Å². The molecule has 0 unspecified atom stereocenters. The minimum atomic E-state index is -1.35. The number of carboxylic acids is 2. The van der Waals surface area contributed by atoms with Crippen LogP contribution in [0.15, 0.2) is 0 Å². The van der Waals surface area contributed by atoms with Crippen molar-refractivity contribution in [3.63, 3.8) is 0 Å². The molecule has 11 heteroatoms. The van der Waals surface area contributed by atoms with E-state index in [9.17, 15) is 14.4 Å². The van der Waals surface area contributed by atoms with Crippen LogP contribution in [0.5, 0.6) is 0 Å². The van der Waals surface area contributed by atoms with Gasteiger partial charge in [0.05, 0.1) is 13.2 Å². The summed E-state index contributed by atoms with van der Waals surface area (Å²) in [6.45, 7) is -0.0454. The summed E-state index contributed by atoms with van der Waals surface area (Å²) in [5.41, 5.74) is 0. The van der Waals surface area contributed by atoms with Gasteiger partial charge in [-0.2, -0.15) is 0 Å². The molecular weight excluding hydrogens is 304 g/mol. The highest BCUT2D eigenvalue weighted by atomic mass is 17.1. The highest BCUT2D eigenvalue weighted by molar-refractivity contribution is 5.94. The first-order chi connectivity index (χ1) is 10.4. The Morgan fingerprint density at radius 1 is 0.818 bits per heavy atom. The van der Waals surface area contributed by atoms with Crippen molar-refractivity contribution in [2.75, 3.05) is 45.9 Å². The van der Waals surface area contributed by atoms with Gasteiger partial charge in [-0.15, -0.1) is 0 Å². The van der Waals surface area contributed by atoms with Gasteiger partial charge in [-0.3, -0.25) is 29.8 Å². The van der Waals surface area contributed by atoms with Crippen molar-refractivity contribution in [3.8, 4) is 0 Å². The van der Waals surface area contributed by atoms with Gasteiger partial charge >= 0.3 is 11.9 Å². The van der Waals surface area contributed by atoms with Crippen LogP contribution in [0.4, 0.5) is 0 Å². The highest BCUT2D eigenvalue weighted by Crippen LogP contribution is 1.98. The third kappa shape index (κ3) is 10.0. The molecule has 0 aromatic carbocycles. The van der Waals surface area contributed by atoms with E-state index in [1.807, 2.05) is 0 Å². The number of hydrogen-bond acceptors (Lipinski definition) is 8. The first kappa shape index (κ1) is 20.2. The number of carbonyl (C=O) groups excluding carboxylic acids is 1. The average molecular weight is 324 g/mol. The molecule has 0 bridgehead atoms. The van der Waals surface area contributed by atoms with Gasteiger partial charge in [0.25, 0.3) is 0 Å². The Labute approximate surface area is 126 Å². The lowest BCUT2D eigenvalue weighted by Crippen LogP contribution is -2.43. The number of carboxylic acid groups (broad SMARTS) is 2. The van der Waals surface area contributed by atoms with Crippen molar-refractivity contribution in [2.45, 2.75) is 6.42 Å². The van der Waals surface area contributed by atoms with Gasteiger partial charge in [0.2, 0.25) is 5.91 Å². The summed E-state index contributed by atoms with van der Waals surface area (Å²) in [6, 6.07) is 0. The van der Waals surface area contributed by atoms with E-state index in [1.54, 1.807) is 4.90 Å². The number of hydrogen-bond donors (Lipinski definition) is 4. The molecule has 0 atom stereocenters. The SMILES string of the molecule is O=C(O)CC(=O)N(CCN(CCOO)CCOO)CC(=O)O. The Bertz CT molecular complexity index is 355. The molecule has 128 valence electrons. The second-order valence-corrected chi connectivity index (χ2v) is 4.29. The van der Waals surface area contributed by atoms with Crippen LogP contribution in [-0.4, -0.2) is 94.3 Å². The number of aliphatic carboxylic acids is 2. The van der Waals surface area contributed by atoms with Gasteiger partial charge in [-0.05, 0) is 0 Å². The molecule has 0 aromatic heterocycles. The Kier molecular flexibility index (Phi) is 10.9. The van der Waals surface area contributed by atoms with E-state index < -0.39 is 30.8 Å². The predicted molar refractivity (Wildman–Crippen MR) is 70.1 cm³/mol. The molecule has 0 saturated carbocycles. The molecule has 11 nitrogen and oxygen atoms in total.